The molecule has 4 N–H and O–H groups in total. The largest absolute Gasteiger partial charge is 2.00 e. The third-order valence-electron chi connectivity index (χ3n) is 2.13. The first-order valence-corrected chi connectivity index (χ1v) is 6.79. The number of nitrogens with two attached hydrogens (primary N) is 2. The molecule has 1 unspecified atom stereocenters. The zero-order chi connectivity index (χ0) is 12.0. The van der Waals surface area contributed by atoms with Crippen LogP contribution in [0.3, 0.4) is 0 Å². The van der Waals surface area contributed by atoms with Gasteiger partial charge in [0.2, 0.25) is 0 Å². The van der Waals surface area contributed by atoms with Crippen molar-refractivity contribution < 1.29 is 47.2 Å². The molecule has 1 aliphatic heterocycles. The molecule has 108 valence electrons. The molecule has 0 aromatic heterocycles. The fourth-order valence-electron chi connectivity index (χ4n) is 1.26. The smallest absolute Gasteiger partial charge is 1.00 e. The first kappa shape index (κ1) is 23.1. The van der Waals surface area contributed by atoms with Crippen molar-refractivity contribution >= 4 is 10.8 Å². The summed E-state index contributed by atoms with van der Waals surface area (Å²) in [6.45, 7) is 1.91. The summed E-state index contributed by atoms with van der Waals surface area (Å²) in [5, 5.41) is 0. The van der Waals surface area contributed by atoms with Crippen molar-refractivity contribution in [1.29, 1.82) is 0 Å². The molecule has 0 amide bonds. The van der Waals surface area contributed by atoms with Crippen LogP contribution in [0.15, 0.2) is 0 Å². The minimum absolute atomic E-state index is 0. The zero-order valence-corrected chi connectivity index (χ0v) is 14.3. The maximum Gasteiger partial charge on any atom is 2.00 e. The number of hydrogen-bond donors (Lipinski definition) is 2. The van der Waals surface area contributed by atoms with Gasteiger partial charge in [0.1, 0.15) is 0 Å². The molecule has 5 nitrogen and oxygen atoms in total. The van der Waals surface area contributed by atoms with Gasteiger partial charge in [-0.2, -0.15) is 0 Å². The van der Waals surface area contributed by atoms with Gasteiger partial charge < -0.3 is 33.3 Å². The minimum Gasteiger partial charge on any atom is -1.00 e. The molecule has 4 atom stereocenters. The molecule has 0 aliphatic carbocycles. The fraction of sp³-hybridized carbons (Fsp3) is 1.00. The van der Waals surface area contributed by atoms with E-state index in [0.29, 0.717) is 6.42 Å². The number of methoxy groups -OCH3 is 1. The van der Waals surface area contributed by atoms with E-state index in [9.17, 15) is 4.21 Å². The SMILES string of the molecule is CO[C@H]1C[C@H](N)[C@@H](N)C(C)O1.CS(C)=O.[Cl-].[Pt+2]. The average molecular weight is 469 g/mol. The van der Waals surface area contributed by atoms with Crippen molar-refractivity contribution in [2.45, 2.75) is 37.8 Å². The van der Waals surface area contributed by atoms with E-state index in [1.54, 1.807) is 19.6 Å². The van der Waals surface area contributed by atoms with E-state index in [1.807, 2.05) is 6.92 Å². The van der Waals surface area contributed by atoms with E-state index in [-0.39, 0.29) is 57.9 Å². The summed E-state index contributed by atoms with van der Waals surface area (Å²) in [6, 6.07) is -0.0786. The predicted octanol–water partition coefficient (Wildman–Crippen LogP) is -3.58. The Kier molecular flexibility index (Phi) is 16.3. The van der Waals surface area contributed by atoms with Crippen LogP contribution in [-0.2, 0) is 41.3 Å². The van der Waals surface area contributed by atoms with Crippen LogP contribution in [-0.4, -0.2) is 48.3 Å². The molecule has 1 fully saturated rings. The van der Waals surface area contributed by atoms with Crippen molar-refractivity contribution in [3.8, 4) is 0 Å². The summed E-state index contributed by atoms with van der Waals surface area (Å²) < 4.78 is 20.0. The van der Waals surface area contributed by atoms with Gasteiger partial charge in [0.15, 0.2) is 6.29 Å². The summed E-state index contributed by atoms with van der Waals surface area (Å²) in [5.74, 6) is 0. The molecule has 0 bridgehead atoms. The van der Waals surface area contributed by atoms with Crippen molar-refractivity contribution in [2.75, 3.05) is 19.6 Å². The molecule has 1 rings (SSSR count). The maximum atomic E-state index is 9.56. The summed E-state index contributed by atoms with van der Waals surface area (Å²) in [5.41, 5.74) is 11.5. The average Bonchev–Trinajstić information content (AvgIpc) is 2.12. The Balaban J connectivity index is -0.000000289. The molecule has 1 heterocycles. The molecular weight excluding hydrogens is 447 g/mol. The summed E-state index contributed by atoms with van der Waals surface area (Å²) in [6.07, 6.45) is 3.77. The van der Waals surface area contributed by atoms with Gasteiger partial charge in [-0.05, 0) is 6.92 Å². The molecule has 8 heteroatoms. The molecule has 0 saturated carbocycles. The van der Waals surface area contributed by atoms with Crippen LogP contribution in [0.2, 0.25) is 0 Å². The van der Waals surface area contributed by atoms with Gasteiger partial charge in [-0.1, -0.05) is 0 Å². The monoisotopic (exact) mass is 468 g/mol. The van der Waals surface area contributed by atoms with E-state index in [2.05, 4.69) is 0 Å². The second kappa shape index (κ2) is 12.0. The molecule has 0 spiro atoms. The summed E-state index contributed by atoms with van der Waals surface area (Å²) in [4.78, 5) is 0. The number of halogens is 1. The normalized spacial score (nSPS) is 31.7. The van der Waals surface area contributed by atoms with Crippen LogP contribution in [0.4, 0.5) is 0 Å². The third kappa shape index (κ3) is 10.6. The van der Waals surface area contributed by atoms with Gasteiger partial charge in [0, 0.05) is 48.9 Å². The van der Waals surface area contributed by atoms with Crippen molar-refractivity contribution in [1.82, 2.24) is 0 Å². The minimum atomic E-state index is -0.611. The topological polar surface area (TPSA) is 87.6 Å². The fourth-order valence-corrected chi connectivity index (χ4v) is 1.26. The first-order chi connectivity index (χ1) is 6.88. The van der Waals surface area contributed by atoms with E-state index >= 15 is 0 Å². The van der Waals surface area contributed by atoms with Crippen LogP contribution >= 0.6 is 0 Å². The van der Waals surface area contributed by atoms with Crippen LogP contribution in [0.1, 0.15) is 13.3 Å². The number of hydrogen-bond acceptors (Lipinski definition) is 5. The van der Waals surface area contributed by atoms with Gasteiger partial charge in [-0.3, -0.25) is 4.21 Å². The number of rotatable bonds is 1. The summed E-state index contributed by atoms with van der Waals surface area (Å²) in [7, 11) is 1.00. The Morgan fingerprint density at radius 2 is 1.76 bits per heavy atom. The first-order valence-electron chi connectivity index (χ1n) is 4.83. The van der Waals surface area contributed by atoms with E-state index in [0.717, 1.165) is 0 Å². The standard InChI is InChI=1S/C7H16N2O2.C2H6OS.ClH.Pt/c1-4-7(9)5(8)3-6(10-2)11-4;1-4(2)3;;/h4-7H,3,8-9H2,1-2H3;1-2H3;1H;/q;;;+2/p-1/t4?,5-,6+,7-;;;/m0.../s1. The molecule has 0 radical (unpaired) electrons. The van der Waals surface area contributed by atoms with Gasteiger partial charge in [-0.25, -0.2) is 0 Å². The Labute approximate surface area is 126 Å². The van der Waals surface area contributed by atoms with Gasteiger partial charge in [-0.15, -0.1) is 0 Å². The molecule has 0 aromatic rings. The molecule has 17 heavy (non-hydrogen) atoms. The maximum absolute atomic E-state index is 9.56. The van der Waals surface area contributed by atoms with Crippen LogP contribution in [0.5, 0.6) is 0 Å². The van der Waals surface area contributed by atoms with Crippen LogP contribution < -0.4 is 23.9 Å². The van der Waals surface area contributed by atoms with Gasteiger partial charge in [0.25, 0.3) is 0 Å². The molecular formula is C9H22ClN2O3PtS+. The Morgan fingerprint density at radius 1 is 1.35 bits per heavy atom. The van der Waals surface area contributed by atoms with Crippen molar-refractivity contribution in [2.24, 2.45) is 11.5 Å². The Hall–Kier alpha value is 0.968. The Bertz CT molecular complexity index is 199. The quantitative estimate of drug-likeness (QED) is 0.416. The molecule has 1 aliphatic rings. The van der Waals surface area contributed by atoms with Gasteiger partial charge in [0.05, 0.1) is 6.10 Å². The predicted molar refractivity (Wildman–Crippen MR) is 61.9 cm³/mol. The van der Waals surface area contributed by atoms with Crippen molar-refractivity contribution in [3.05, 3.63) is 0 Å². The van der Waals surface area contributed by atoms with Gasteiger partial charge >= 0.3 is 21.1 Å². The van der Waals surface area contributed by atoms with Crippen LogP contribution in [0.25, 0.3) is 0 Å². The second-order valence-electron chi connectivity index (χ2n) is 3.72. The van der Waals surface area contributed by atoms with E-state index in [4.69, 9.17) is 20.9 Å². The summed E-state index contributed by atoms with van der Waals surface area (Å²) >= 11 is 0. The zero-order valence-electron chi connectivity index (χ0n) is 10.5. The molecule has 1 saturated heterocycles. The van der Waals surface area contributed by atoms with E-state index in [1.165, 1.54) is 0 Å². The molecule has 0 aromatic carbocycles. The second-order valence-corrected chi connectivity index (χ2v) is 5.21. The van der Waals surface area contributed by atoms with Crippen molar-refractivity contribution in [3.63, 3.8) is 0 Å². The number of ether oxygens (including phenoxy) is 2. The van der Waals surface area contributed by atoms with Crippen LogP contribution in [0, 0.1) is 0 Å². The third-order valence-corrected chi connectivity index (χ3v) is 2.13. The van der Waals surface area contributed by atoms with E-state index < -0.39 is 10.8 Å². The Morgan fingerprint density at radius 3 is 2.06 bits per heavy atom.